The Labute approximate surface area is 204 Å². The molecule has 0 N–H and O–H groups in total. The van der Waals surface area contributed by atoms with Crippen molar-refractivity contribution in [3.05, 3.63) is 101 Å². The number of fused-ring (bicyclic) bond motifs is 1. The van der Waals surface area contributed by atoms with E-state index >= 15 is 0 Å². The third kappa shape index (κ3) is 4.14. The zero-order chi connectivity index (χ0) is 24.4. The normalized spacial score (nSPS) is 11.1. The van der Waals surface area contributed by atoms with Crippen LogP contribution < -0.4 is 0 Å². The van der Waals surface area contributed by atoms with E-state index in [1.54, 1.807) is 6.21 Å². The van der Waals surface area contributed by atoms with Crippen LogP contribution >= 0.6 is 0 Å². The molecule has 5 aromatic rings. The summed E-state index contributed by atoms with van der Waals surface area (Å²) in [6.07, 6.45) is 9.28. The molecule has 0 saturated carbocycles. The van der Waals surface area contributed by atoms with Gasteiger partial charge in [0.15, 0.2) is 0 Å². The molecule has 5 rings (SSSR count). The van der Waals surface area contributed by atoms with Gasteiger partial charge in [-0.25, -0.2) is 4.99 Å². The highest BCUT2D eigenvalue weighted by Gasteiger charge is 2.23. The second-order valence-corrected chi connectivity index (χ2v) is 8.52. The van der Waals surface area contributed by atoms with E-state index in [9.17, 15) is 5.26 Å². The first-order chi connectivity index (χ1) is 17.1. The molecule has 2 aromatic heterocycles. The van der Waals surface area contributed by atoms with Gasteiger partial charge in [0.2, 0.25) is 5.88 Å². The number of nitrogens with zero attached hydrogens (tertiary/aromatic N) is 3. The van der Waals surface area contributed by atoms with Crippen molar-refractivity contribution < 1.29 is 4.42 Å². The first kappa shape index (κ1) is 22.0. The average molecular weight is 454 g/mol. The lowest BCUT2D eigenvalue weighted by Gasteiger charge is -2.05. The average Bonchev–Trinajstić information content (AvgIpc) is 3.42. The second-order valence-electron chi connectivity index (χ2n) is 8.52. The lowest BCUT2D eigenvalue weighted by atomic mass is 9.97. The van der Waals surface area contributed by atoms with Gasteiger partial charge in [-0.15, -0.1) is 6.42 Å². The fourth-order valence-corrected chi connectivity index (χ4v) is 4.25. The fourth-order valence-electron chi connectivity index (χ4n) is 4.25. The minimum atomic E-state index is 0.285. The summed E-state index contributed by atoms with van der Waals surface area (Å²) in [5, 5.41) is 11.2. The fraction of sp³-hybridized carbons (Fsp3) is 0.0968. The molecule has 0 bridgehead atoms. The Kier molecular flexibility index (Phi) is 5.80. The standard InChI is InChI=1S/C31H23N3O/c1-4-17-34-20-25(26-7-5-6-8-28(26)34)19-33-31-27(18-32)29(23-13-9-21(2)10-14-23)30(35-31)24-15-11-22(3)12-16-24/h1,5-16,19-20H,17H2,2-3H3. The maximum absolute atomic E-state index is 10.2. The van der Waals surface area contributed by atoms with Crippen LogP contribution in [0.4, 0.5) is 5.88 Å². The van der Waals surface area contributed by atoms with Crippen LogP contribution in [0.1, 0.15) is 22.3 Å². The number of aliphatic imine (C=N–C) groups is 1. The Bertz CT molecular complexity index is 1630. The van der Waals surface area contributed by atoms with Gasteiger partial charge in [-0.3, -0.25) is 0 Å². The minimum absolute atomic E-state index is 0.285. The van der Waals surface area contributed by atoms with Gasteiger partial charge < -0.3 is 8.98 Å². The number of aryl methyl sites for hydroxylation is 2. The van der Waals surface area contributed by atoms with Crippen LogP contribution in [-0.4, -0.2) is 10.8 Å². The summed E-state index contributed by atoms with van der Waals surface area (Å²) in [5.74, 6) is 3.61. The molecular formula is C31H23N3O. The number of benzene rings is 3. The van der Waals surface area contributed by atoms with E-state index in [0.29, 0.717) is 17.9 Å². The van der Waals surface area contributed by atoms with Gasteiger partial charge in [0.1, 0.15) is 17.4 Å². The van der Waals surface area contributed by atoms with Gasteiger partial charge >= 0.3 is 0 Å². The summed E-state index contributed by atoms with van der Waals surface area (Å²) in [6, 6.07) is 26.5. The highest BCUT2D eigenvalue weighted by Crippen LogP contribution is 2.42. The van der Waals surface area contributed by atoms with Gasteiger partial charge in [0, 0.05) is 40.0 Å². The van der Waals surface area contributed by atoms with Crippen molar-refractivity contribution in [1.29, 1.82) is 5.26 Å². The van der Waals surface area contributed by atoms with Crippen molar-refractivity contribution in [3.63, 3.8) is 0 Å². The molecule has 4 heteroatoms. The summed E-state index contributed by atoms with van der Waals surface area (Å²) in [4.78, 5) is 4.66. The third-order valence-corrected chi connectivity index (χ3v) is 6.06. The van der Waals surface area contributed by atoms with E-state index < -0.39 is 0 Å². The van der Waals surface area contributed by atoms with Crippen molar-refractivity contribution in [2.24, 2.45) is 4.99 Å². The maximum atomic E-state index is 10.2. The predicted octanol–water partition coefficient (Wildman–Crippen LogP) is 7.44. The number of hydrogen-bond donors (Lipinski definition) is 0. The molecule has 168 valence electrons. The lowest BCUT2D eigenvalue weighted by molar-refractivity contribution is 0.593. The van der Waals surface area contributed by atoms with Crippen molar-refractivity contribution in [2.45, 2.75) is 20.4 Å². The summed E-state index contributed by atoms with van der Waals surface area (Å²) in [6.45, 7) is 4.55. The van der Waals surface area contributed by atoms with Crippen LogP contribution in [-0.2, 0) is 6.54 Å². The zero-order valence-electron chi connectivity index (χ0n) is 19.6. The van der Waals surface area contributed by atoms with Crippen LogP contribution in [0.2, 0.25) is 0 Å². The van der Waals surface area contributed by atoms with Crippen molar-refractivity contribution in [3.8, 4) is 40.9 Å². The molecule has 0 spiro atoms. The molecular weight excluding hydrogens is 430 g/mol. The minimum Gasteiger partial charge on any atom is -0.436 e. The third-order valence-electron chi connectivity index (χ3n) is 6.06. The van der Waals surface area contributed by atoms with Gasteiger partial charge in [-0.05, 0) is 25.5 Å². The number of aromatic nitrogens is 1. The molecule has 4 nitrogen and oxygen atoms in total. The van der Waals surface area contributed by atoms with E-state index in [2.05, 4.69) is 17.0 Å². The predicted molar refractivity (Wildman–Crippen MR) is 142 cm³/mol. The van der Waals surface area contributed by atoms with Crippen LogP contribution in [0.15, 0.2) is 88.4 Å². The largest absolute Gasteiger partial charge is 0.436 e. The Hall–Kier alpha value is -4.80. The maximum Gasteiger partial charge on any atom is 0.238 e. The molecule has 0 fully saturated rings. The summed E-state index contributed by atoms with van der Waals surface area (Å²) >= 11 is 0. The molecule has 0 aliphatic rings. The molecule has 0 aliphatic carbocycles. The van der Waals surface area contributed by atoms with E-state index in [4.69, 9.17) is 10.8 Å². The number of nitriles is 1. The number of rotatable bonds is 5. The van der Waals surface area contributed by atoms with Gasteiger partial charge in [-0.2, -0.15) is 5.26 Å². The molecule has 35 heavy (non-hydrogen) atoms. The number of para-hydroxylation sites is 1. The van der Waals surface area contributed by atoms with E-state index in [1.165, 1.54) is 0 Å². The second kappa shape index (κ2) is 9.21. The topological polar surface area (TPSA) is 54.2 Å². The van der Waals surface area contributed by atoms with Crippen LogP contribution in [0.25, 0.3) is 33.4 Å². The van der Waals surface area contributed by atoms with Gasteiger partial charge in [-0.1, -0.05) is 83.8 Å². The highest BCUT2D eigenvalue weighted by atomic mass is 16.4. The van der Waals surface area contributed by atoms with Gasteiger partial charge in [0.25, 0.3) is 0 Å². The monoisotopic (exact) mass is 453 g/mol. The van der Waals surface area contributed by atoms with Crippen LogP contribution in [0.5, 0.6) is 0 Å². The molecule has 0 radical (unpaired) electrons. The first-order valence-corrected chi connectivity index (χ1v) is 11.4. The lowest BCUT2D eigenvalue weighted by Crippen LogP contribution is -1.91. The van der Waals surface area contributed by atoms with E-state index in [1.807, 2.05) is 97.4 Å². The Morgan fingerprint density at radius 3 is 2.26 bits per heavy atom. The van der Waals surface area contributed by atoms with Crippen LogP contribution in [0, 0.1) is 37.5 Å². The quantitative estimate of drug-likeness (QED) is 0.205. The Balaban J connectivity index is 1.67. The molecule has 0 unspecified atom stereocenters. The molecule has 2 heterocycles. The molecule has 0 saturated heterocycles. The number of hydrogen-bond acceptors (Lipinski definition) is 3. The smallest absolute Gasteiger partial charge is 0.238 e. The summed E-state index contributed by atoms with van der Waals surface area (Å²) < 4.78 is 8.29. The van der Waals surface area contributed by atoms with Gasteiger partial charge in [0.05, 0.1) is 6.54 Å². The van der Waals surface area contributed by atoms with Crippen LogP contribution in [0.3, 0.4) is 0 Å². The Morgan fingerprint density at radius 1 is 0.943 bits per heavy atom. The highest BCUT2D eigenvalue weighted by molar-refractivity contribution is 6.00. The van der Waals surface area contributed by atoms with Crippen molar-refractivity contribution in [2.75, 3.05) is 0 Å². The van der Waals surface area contributed by atoms with E-state index in [-0.39, 0.29) is 5.88 Å². The number of terminal acetylenes is 1. The molecule has 3 aromatic carbocycles. The first-order valence-electron chi connectivity index (χ1n) is 11.4. The summed E-state index contributed by atoms with van der Waals surface area (Å²) in [7, 11) is 0. The number of furan rings is 1. The SMILES string of the molecule is C#CCn1cc(C=Nc2oc(-c3ccc(C)cc3)c(-c3ccc(C)cc3)c2C#N)c2ccccc21. The Morgan fingerprint density at radius 2 is 1.60 bits per heavy atom. The molecule has 0 atom stereocenters. The molecule has 0 aliphatic heterocycles. The van der Waals surface area contributed by atoms with E-state index in [0.717, 1.165) is 44.3 Å². The summed E-state index contributed by atoms with van der Waals surface area (Å²) in [5.41, 5.74) is 7.21. The van der Waals surface area contributed by atoms with Crippen molar-refractivity contribution >= 4 is 23.0 Å². The molecule has 0 amide bonds. The zero-order valence-corrected chi connectivity index (χ0v) is 19.6. The van der Waals surface area contributed by atoms with Crippen molar-refractivity contribution in [1.82, 2.24) is 4.57 Å².